The second kappa shape index (κ2) is 5.18. The summed E-state index contributed by atoms with van der Waals surface area (Å²) >= 11 is 0. The van der Waals surface area contributed by atoms with Crippen LogP contribution in [0.4, 0.5) is 11.4 Å². The fourth-order valence-electron chi connectivity index (χ4n) is 1.38. The molecule has 0 radical (unpaired) electrons. The van der Waals surface area contributed by atoms with Crippen molar-refractivity contribution in [1.82, 2.24) is 4.72 Å². The highest BCUT2D eigenvalue weighted by Crippen LogP contribution is 2.20. The summed E-state index contributed by atoms with van der Waals surface area (Å²) in [6.07, 6.45) is 0.732. The van der Waals surface area contributed by atoms with E-state index in [1.807, 2.05) is 6.92 Å². The Bertz CT molecular complexity index is 445. The van der Waals surface area contributed by atoms with Gasteiger partial charge in [0.05, 0.1) is 5.69 Å². The third-order valence-electron chi connectivity index (χ3n) is 2.13. The normalized spacial score (nSPS) is 11.4. The Morgan fingerprint density at radius 2 is 2.12 bits per heavy atom. The molecule has 0 atom stereocenters. The molecule has 0 aromatic heterocycles. The van der Waals surface area contributed by atoms with Crippen molar-refractivity contribution in [1.29, 1.82) is 0 Å². The van der Waals surface area contributed by atoms with Gasteiger partial charge in [0.2, 0.25) is 0 Å². The molecule has 0 unspecified atom stereocenters. The number of rotatable bonds is 5. The Kier molecular flexibility index (Phi) is 4.14. The van der Waals surface area contributed by atoms with E-state index in [1.165, 1.54) is 11.4 Å². The van der Waals surface area contributed by atoms with Crippen molar-refractivity contribution < 1.29 is 8.42 Å². The van der Waals surface area contributed by atoms with Crippen LogP contribution in [0.2, 0.25) is 0 Å². The van der Waals surface area contributed by atoms with E-state index in [-0.39, 0.29) is 0 Å². The largest absolute Gasteiger partial charge is 0.399 e. The van der Waals surface area contributed by atoms with Crippen molar-refractivity contribution >= 4 is 21.6 Å². The Hall–Kier alpha value is -1.27. The molecule has 1 aromatic rings. The number of benzene rings is 1. The lowest BCUT2D eigenvalue weighted by Crippen LogP contribution is -2.39. The third-order valence-corrected chi connectivity index (χ3v) is 3.62. The zero-order valence-corrected chi connectivity index (χ0v) is 10.3. The number of hydrogen-bond acceptors (Lipinski definition) is 3. The number of nitrogen functional groups attached to an aromatic ring is 1. The summed E-state index contributed by atoms with van der Waals surface area (Å²) in [5.74, 6) is 0. The molecule has 0 spiro atoms. The highest BCUT2D eigenvalue weighted by Gasteiger charge is 2.19. The molecule has 0 aliphatic rings. The van der Waals surface area contributed by atoms with Crippen LogP contribution in [0, 0.1) is 0 Å². The topological polar surface area (TPSA) is 75.4 Å². The van der Waals surface area contributed by atoms with Crippen LogP contribution in [0.15, 0.2) is 24.3 Å². The molecule has 0 bridgehead atoms. The number of nitrogens with two attached hydrogens (primary N) is 1. The molecule has 1 aromatic carbocycles. The summed E-state index contributed by atoms with van der Waals surface area (Å²) in [5, 5.41) is 0. The van der Waals surface area contributed by atoms with E-state index in [0.29, 0.717) is 17.9 Å². The molecule has 1 rings (SSSR count). The average molecular weight is 243 g/mol. The summed E-state index contributed by atoms with van der Waals surface area (Å²) < 4.78 is 27.2. The van der Waals surface area contributed by atoms with Crippen LogP contribution in [0.3, 0.4) is 0 Å². The van der Waals surface area contributed by atoms with Gasteiger partial charge in [0.25, 0.3) is 0 Å². The lowest BCUT2D eigenvalue weighted by molar-refractivity contribution is 0.582. The molecule has 0 aliphatic carbocycles. The van der Waals surface area contributed by atoms with Crippen molar-refractivity contribution in [3.8, 4) is 0 Å². The SMILES string of the molecule is CCCN(c1cccc(N)c1)S(=O)(=O)NC. The third kappa shape index (κ3) is 2.86. The van der Waals surface area contributed by atoms with Crippen molar-refractivity contribution in [2.24, 2.45) is 0 Å². The van der Waals surface area contributed by atoms with Crippen LogP contribution < -0.4 is 14.8 Å². The van der Waals surface area contributed by atoms with Crippen LogP contribution >= 0.6 is 0 Å². The van der Waals surface area contributed by atoms with Crippen LogP contribution in [0.1, 0.15) is 13.3 Å². The summed E-state index contributed by atoms with van der Waals surface area (Å²) in [4.78, 5) is 0. The maximum atomic E-state index is 11.8. The minimum Gasteiger partial charge on any atom is -0.399 e. The Balaban J connectivity index is 3.13. The average Bonchev–Trinajstić information content (AvgIpc) is 2.25. The predicted molar refractivity (Wildman–Crippen MR) is 66.5 cm³/mol. The fourth-order valence-corrected chi connectivity index (χ4v) is 2.42. The second-order valence-corrected chi connectivity index (χ2v) is 5.18. The molecule has 90 valence electrons. The highest BCUT2D eigenvalue weighted by atomic mass is 32.2. The summed E-state index contributed by atoms with van der Waals surface area (Å²) in [6, 6.07) is 6.82. The lowest BCUT2D eigenvalue weighted by atomic mass is 10.3. The van der Waals surface area contributed by atoms with Gasteiger partial charge in [-0.15, -0.1) is 0 Å². The molecule has 5 nitrogen and oxygen atoms in total. The molecule has 0 aliphatic heterocycles. The zero-order valence-electron chi connectivity index (χ0n) is 9.47. The molecule has 0 saturated carbocycles. The molecule has 0 heterocycles. The first kappa shape index (κ1) is 12.8. The van der Waals surface area contributed by atoms with Gasteiger partial charge in [-0.25, -0.2) is 4.72 Å². The van der Waals surface area contributed by atoms with Crippen molar-refractivity contribution in [2.45, 2.75) is 13.3 Å². The van der Waals surface area contributed by atoms with Gasteiger partial charge in [0, 0.05) is 19.3 Å². The quantitative estimate of drug-likeness (QED) is 0.756. The van der Waals surface area contributed by atoms with Crippen molar-refractivity contribution in [3.05, 3.63) is 24.3 Å². The zero-order chi connectivity index (χ0) is 12.2. The van der Waals surface area contributed by atoms with E-state index in [4.69, 9.17) is 5.73 Å². The van der Waals surface area contributed by atoms with E-state index < -0.39 is 10.2 Å². The minimum atomic E-state index is -3.46. The van der Waals surface area contributed by atoms with Crippen LogP contribution in [-0.2, 0) is 10.2 Å². The summed E-state index contributed by atoms with van der Waals surface area (Å²) in [5.41, 5.74) is 6.76. The molecule has 3 N–H and O–H groups in total. The molecular weight excluding hydrogens is 226 g/mol. The Labute approximate surface area is 96.4 Å². The monoisotopic (exact) mass is 243 g/mol. The van der Waals surface area contributed by atoms with Gasteiger partial charge in [-0.05, 0) is 24.6 Å². The molecule has 6 heteroatoms. The van der Waals surface area contributed by atoms with Gasteiger partial charge >= 0.3 is 10.2 Å². The minimum absolute atomic E-state index is 0.423. The van der Waals surface area contributed by atoms with Gasteiger partial charge in [-0.1, -0.05) is 13.0 Å². The van der Waals surface area contributed by atoms with Gasteiger partial charge < -0.3 is 5.73 Å². The molecule has 16 heavy (non-hydrogen) atoms. The number of nitrogens with zero attached hydrogens (tertiary/aromatic N) is 1. The van der Waals surface area contributed by atoms with Crippen LogP contribution in [0.5, 0.6) is 0 Å². The van der Waals surface area contributed by atoms with E-state index in [1.54, 1.807) is 24.3 Å². The predicted octanol–water partition coefficient (Wildman–Crippen LogP) is 0.949. The smallest absolute Gasteiger partial charge is 0.301 e. The fraction of sp³-hybridized carbons (Fsp3) is 0.400. The standard InChI is InChI=1S/C10H17N3O2S/c1-3-7-13(16(14,15)12-2)10-6-4-5-9(11)8-10/h4-6,8,12H,3,7,11H2,1-2H3. The molecule has 0 amide bonds. The summed E-state index contributed by atoms with van der Waals surface area (Å²) in [7, 11) is -2.07. The van der Waals surface area contributed by atoms with Gasteiger partial charge in [0.15, 0.2) is 0 Å². The lowest BCUT2D eigenvalue weighted by Gasteiger charge is -2.23. The first-order valence-electron chi connectivity index (χ1n) is 5.08. The Morgan fingerprint density at radius 1 is 1.44 bits per heavy atom. The van der Waals surface area contributed by atoms with Gasteiger partial charge in [-0.3, -0.25) is 4.31 Å². The molecule has 0 fully saturated rings. The van der Waals surface area contributed by atoms with Crippen molar-refractivity contribution in [3.63, 3.8) is 0 Å². The van der Waals surface area contributed by atoms with Gasteiger partial charge in [0.1, 0.15) is 0 Å². The molecule has 0 saturated heterocycles. The number of anilines is 2. The van der Waals surface area contributed by atoms with Crippen molar-refractivity contribution in [2.75, 3.05) is 23.6 Å². The maximum absolute atomic E-state index is 11.8. The summed E-state index contributed by atoms with van der Waals surface area (Å²) in [6.45, 7) is 2.34. The highest BCUT2D eigenvalue weighted by molar-refractivity contribution is 7.90. The van der Waals surface area contributed by atoms with E-state index in [2.05, 4.69) is 4.72 Å². The number of hydrogen-bond donors (Lipinski definition) is 2. The first-order chi connectivity index (χ1) is 7.51. The van der Waals surface area contributed by atoms with E-state index in [0.717, 1.165) is 6.42 Å². The molecular formula is C10H17N3O2S. The van der Waals surface area contributed by atoms with Crippen LogP contribution in [0.25, 0.3) is 0 Å². The van der Waals surface area contributed by atoms with E-state index >= 15 is 0 Å². The van der Waals surface area contributed by atoms with Crippen LogP contribution in [-0.4, -0.2) is 22.0 Å². The number of nitrogens with one attached hydrogen (secondary N) is 1. The Morgan fingerprint density at radius 3 is 2.62 bits per heavy atom. The maximum Gasteiger partial charge on any atom is 0.301 e. The first-order valence-corrected chi connectivity index (χ1v) is 6.52. The second-order valence-electron chi connectivity index (χ2n) is 3.38. The van der Waals surface area contributed by atoms with E-state index in [9.17, 15) is 8.42 Å². The van der Waals surface area contributed by atoms with Gasteiger partial charge in [-0.2, -0.15) is 8.42 Å².